The summed E-state index contributed by atoms with van der Waals surface area (Å²) in [6, 6.07) is 3.67. The average Bonchev–Trinajstić information content (AvgIpc) is 3.16. The average molecular weight is 410 g/mol. The zero-order valence-corrected chi connectivity index (χ0v) is 15.4. The molecular formula is C18H18O11. The van der Waals surface area contributed by atoms with Crippen LogP contribution in [-0.2, 0) is 33.2 Å². The molecule has 1 aromatic rings. The number of aldehydes is 1. The molecule has 0 saturated carbocycles. The first-order chi connectivity index (χ1) is 14.0. The number of hydrogen-bond donors (Lipinski definition) is 0. The second-order valence-electron chi connectivity index (χ2n) is 5.75. The fourth-order valence-corrected chi connectivity index (χ4v) is 2.24. The lowest BCUT2D eigenvalue weighted by atomic mass is 10.1. The molecule has 0 aromatic heterocycles. The van der Waals surface area contributed by atoms with Gasteiger partial charge in [0, 0.05) is 12.7 Å². The van der Waals surface area contributed by atoms with Crippen molar-refractivity contribution in [1.29, 1.82) is 0 Å². The summed E-state index contributed by atoms with van der Waals surface area (Å²) in [5.74, 6) is -1.66. The van der Waals surface area contributed by atoms with E-state index in [0.717, 1.165) is 0 Å². The van der Waals surface area contributed by atoms with Gasteiger partial charge in [0.05, 0.1) is 11.1 Å². The topological polar surface area (TPSA) is 141 Å². The van der Waals surface area contributed by atoms with Crippen molar-refractivity contribution in [2.45, 2.75) is 12.2 Å². The number of carbonyl (C=O) groups is 5. The van der Waals surface area contributed by atoms with E-state index in [-0.39, 0.29) is 49.6 Å². The van der Waals surface area contributed by atoms with Gasteiger partial charge in [-0.2, -0.15) is 0 Å². The Bertz CT molecular complexity index is 773. The molecule has 11 heteroatoms. The Kier molecular flexibility index (Phi) is 8.10. The summed E-state index contributed by atoms with van der Waals surface area (Å²) in [4.78, 5) is 56.7. The molecule has 1 aliphatic heterocycles. The molecule has 0 aliphatic carbocycles. The first kappa shape index (κ1) is 21.8. The largest absolute Gasteiger partial charge is 0.508 e. The minimum absolute atomic E-state index is 0.0491. The van der Waals surface area contributed by atoms with Gasteiger partial charge < -0.3 is 28.4 Å². The van der Waals surface area contributed by atoms with E-state index in [1.807, 2.05) is 0 Å². The van der Waals surface area contributed by atoms with Gasteiger partial charge in [-0.05, 0) is 18.2 Å². The van der Waals surface area contributed by atoms with E-state index in [1.54, 1.807) is 0 Å². The summed E-state index contributed by atoms with van der Waals surface area (Å²) in [6.07, 6.45) is -1.81. The van der Waals surface area contributed by atoms with Gasteiger partial charge in [0.25, 0.3) is 6.47 Å². The second kappa shape index (κ2) is 10.8. The fraction of sp³-hybridized carbons (Fsp3) is 0.389. The van der Waals surface area contributed by atoms with Crippen LogP contribution in [0.2, 0.25) is 0 Å². The number of rotatable bonds is 11. The smallest absolute Gasteiger partial charge is 0.465 e. The maximum Gasteiger partial charge on any atom is 0.508 e. The molecular weight excluding hydrogens is 392 g/mol. The molecule has 1 saturated heterocycles. The highest BCUT2D eigenvalue weighted by molar-refractivity contribution is 5.98. The van der Waals surface area contributed by atoms with Crippen LogP contribution in [0.1, 0.15) is 31.1 Å². The molecule has 2 unspecified atom stereocenters. The minimum Gasteiger partial charge on any atom is -0.465 e. The molecule has 0 radical (unpaired) electrons. The van der Waals surface area contributed by atoms with Crippen molar-refractivity contribution in [3.63, 3.8) is 0 Å². The number of esters is 2. The quantitative estimate of drug-likeness (QED) is 0.287. The predicted octanol–water partition coefficient (Wildman–Crippen LogP) is 0.536. The maximum absolute atomic E-state index is 12.3. The zero-order chi connectivity index (χ0) is 21.2. The Balaban J connectivity index is 2.01. The molecule has 11 nitrogen and oxygen atoms in total. The first-order valence-electron chi connectivity index (χ1n) is 8.32. The molecule has 2 atom stereocenters. The lowest BCUT2D eigenvalue weighted by Crippen LogP contribution is -2.26. The van der Waals surface area contributed by atoms with Gasteiger partial charge in [-0.15, -0.1) is 0 Å². The third-order valence-electron chi connectivity index (χ3n) is 3.70. The minimum atomic E-state index is -0.855. The van der Waals surface area contributed by atoms with Crippen LogP contribution >= 0.6 is 0 Å². The summed E-state index contributed by atoms with van der Waals surface area (Å²) >= 11 is 0. The lowest BCUT2D eigenvalue weighted by Gasteiger charge is -2.14. The number of cyclic esters (lactones) is 2. The van der Waals surface area contributed by atoms with Crippen LogP contribution in [0, 0.1) is 0 Å². The molecule has 1 aromatic carbocycles. The highest BCUT2D eigenvalue weighted by Crippen LogP contribution is 2.14. The molecule has 0 bridgehead atoms. The number of benzene rings is 1. The summed E-state index contributed by atoms with van der Waals surface area (Å²) in [5.41, 5.74) is -0.0858. The SMILES string of the molecule is COC(COC=O)COC(=O)c1cc(C=O)cc(C(=O)OCC2COC(=O)O2)c1. The van der Waals surface area contributed by atoms with Crippen molar-refractivity contribution in [3.8, 4) is 0 Å². The van der Waals surface area contributed by atoms with E-state index >= 15 is 0 Å². The zero-order valence-electron chi connectivity index (χ0n) is 15.4. The van der Waals surface area contributed by atoms with Gasteiger partial charge in [-0.25, -0.2) is 14.4 Å². The number of methoxy groups -OCH3 is 1. The van der Waals surface area contributed by atoms with Gasteiger partial charge in [0.1, 0.15) is 38.8 Å². The molecule has 29 heavy (non-hydrogen) atoms. The van der Waals surface area contributed by atoms with Gasteiger partial charge in [0.2, 0.25) is 0 Å². The van der Waals surface area contributed by atoms with Crippen molar-refractivity contribution in [1.82, 2.24) is 0 Å². The third kappa shape index (κ3) is 6.57. The van der Waals surface area contributed by atoms with E-state index < -0.39 is 30.3 Å². The molecule has 1 fully saturated rings. The van der Waals surface area contributed by atoms with Crippen molar-refractivity contribution in [2.24, 2.45) is 0 Å². The van der Waals surface area contributed by atoms with Gasteiger partial charge >= 0.3 is 18.1 Å². The Morgan fingerprint density at radius 3 is 2.38 bits per heavy atom. The van der Waals surface area contributed by atoms with Crippen LogP contribution in [0.15, 0.2) is 18.2 Å². The highest BCUT2D eigenvalue weighted by atomic mass is 16.8. The van der Waals surface area contributed by atoms with E-state index in [2.05, 4.69) is 9.47 Å². The van der Waals surface area contributed by atoms with Gasteiger partial charge in [-0.3, -0.25) is 9.59 Å². The standard InChI is InChI=1S/C18H18O11/c1-24-14(6-25-10-20)7-26-16(21)12-2-11(5-19)3-13(4-12)17(22)27-8-15-9-28-18(23)29-15/h2-5,10,14-15H,6-9H2,1H3. The molecule has 0 spiro atoms. The molecule has 1 heterocycles. The molecule has 1 aliphatic rings. The van der Waals surface area contributed by atoms with Gasteiger partial charge in [0.15, 0.2) is 6.10 Å². The monoisotopic (exact) mass is 410 g/mol. The maximum atomic E-state index is 12.3. The first-order valence-corrected chi connectivity index (χ1v) is 8.32. The predicted molar refractivity (Wildman–Crippen MR) is 91.4 cm³/mol. The highest BCUT2D eigenvalue weighted by Gasteiger charge is 2.26. The van der Waals surface area contributed by atoms with E-state index in [1.165, 1.54) is 25.3 Å². The third-order valence-corrected chi connectivity index (χ3v) is 3.70. The molecule has 0 N–H and O–H groups in total. The summed E-state index contributed by atoms with van der Waals surface area (Å²) < 4.78 is 28.9. The van der Waals surface area contributed by atoms with Gasteiger partial charge in [-0.1, -0.05) is 0 Å². The molecule has 156 valence electrons. The van der Waals surface area contributed by atoms with Crippen LogP contribution in [-0.4, -0.2) is 76.6 Å². The van der Waals surface area contributed by atoms with Crippen molar-refractivity contribution in [2.75, 3.05) is 33.5 Å². The fourth-order valence-electron chi connectivity index (χ4n) is 2.24. The second-order valence-corrected chi connectivity index (χ2v) is 5.75. The molecule has 2 rings (SSSR count). The number of ether oxygens (including phenoxy) is 6. The Morgan fingerprint density at radius 1 is 1.14 bits per heavy atom. The lowest BCUT2D eigenvalue weighted by molar-refractivity contribution is -0.133. The molecule has 0 amide bonds. The van der Waals surface area contributed by atoms with E-state index in [9.17, 15) is 24.0 Å². The van der Waals surface area contributed by atoms with E-state index in [4.69, 9.17) is 18.9 Å². The van der Waals surface area contributed by atoms with Crippen LogP contribution < -0.4 is 0 Å². The normalized spacial score (nSPS) is 16.2. The van der Waals surface area contributed by atoms with Crippen LogP contribution in [0.4, 0.5) is 4.79 Å². The van der Waals surface area contributed by atoms with Crippen LogP contribution in [0.25, 0.3) is 0 Å². The Labute approximate surface area is 164 Å². The summed E-state index contributed by atoms with van der Waals surface area (Å²) in [5, 5.41) is 0. The summed E-state index contributed by atoms with van der Waals surface area (Å²) in [7, 11) is 1.35. The van der Waals surface area contributed by atoms with Crippen molar-refractivity contribution in [3.05, 3.63) is 34.9 Å². The van der Waals surface area contributed by atoms with Crippen molar-refractivity contribution < 1.29 is 52.4 Å². The van der Waals surface area contributed by atoms with Crippen LogP contribution in [0.5, 0.6) is 0 Å². The van der Waals surface area contributed by atoms with Crippen molar-refractivity contribution >= 4 is 30.9 Å². The number of carbonyl (C=O) groups excluding carboxylic acids is 5. The Hall–Kier alpha value is -3.47. The Morgan fingerprint density at radius 2 is 1.83 bits per heavy atom. The van der Waals surface area contributed by atoms with E-state index in [0.29, 0.717) is 6.29 Å². The number of hydrogen-bond acceptors (Lipinski definition) is 11. The summed E-state index contributed by atoms with van der Waals surface area (Å²) in [6.45, 7) is -0.400. The van der Waals surface area contributed by atoms with Crippen LogP contribution in [0.3, 0.4) is 0 Å².